The molecule has 1 saturated heterocycles. The van der Waals surface area contributed by atoms with E-state index in [0.717, 1.165) is 66.7 Å². The van der Waals surface area contributed by atoms with Gasteiger partial charge in [-0.05, 0) is 60.6 Å². The number of carbonyl (C=O) groups excluding carboxylic acids is 1. The van der Waals surface area contributed by atoms with Crippen molar-refractivity contribution in [1.29, 1.82) is 0 Å². The van der Waals surface area contributed by atoms with Gasteiger partial charge in [0.2, 0.25) is 0 Å². The van der Waals surface area contributed by atoms with Crippen molar-refractivity contribution in [3.8, 4) is 28.1 Å². The summed E-state index contributed by atoms with van der Waals surface area (Å²) in [5.41, 5.74) is 8.06. The minimum Gasteiger partial charge on any atom is -0.491 e. The van der Waals surface area contributed by atoms with Gasteiger partial charge in [0.1, 0.15) is 12.4 Å². The van der Waals surface area contributed by atoms with Crippen LogP contribution in [0.3, 0.4) is 0 Å². The number of aromatic nitrogens is 3. The van der Waals surface area contributed by atoms with E-state index in [1.165, 1.54) is 11.1 Å². The van der Waals surface area contributed by atoms with Gasteiger partial charge in [0, 0.05) is 41.4 Å². The molecule has 188 valence electrons. The van der Waals surface area contributed by atoms with Crippen LogP contribution in [0.1, 0.15) is 34.3 Å². The van der Waals surface area contributed by atoms with Crippen molar-refractivity contribution < 1.29 is 14.3 Å². The van der Waals surface area contributed by atoms with Gasteiger partial charge in [-0.15, -0.1) is 0 Å². The Hall–Kier alpha value is -3.75. The van der Waals surface area contributed by atoms with Crippen LogP contribution in [0.2, 0.25) is 0 Å². The lowest BCUT2D eigenvalue weighted by atomic mass is 9.86. The van der Waals surface area contributed by atoms with Gasteiger partial charge in [-0.2, -0.15) is 5.10 Å². The highest BCUT2D eigenvalue weighted by atomic mass is 16.5. The monoisotopic (exact) mass is 495 g/mol. The Balaban J connectivity index is 1.17. The lowest BCUT2D eigenvalue weighted by molar-refractivity contribution is 0.0957. The van der Waals surface area contributed by atoms with Crippen molar-refractivity contribution in [2.45, 2.75) is 37.8 Å². The van der Waals surface area contributed by atoms with Crippen LogP contribution in [0.15, 0.2) is 48.7 Å². The second kappa shape index (κ2) is 9.28. The number of nitrogens with zero attached hydrogens (tertiary/aromatic N) is 2. The predicted molar refractivity (Wildman–Crippen MR) is 141 cm³/mol. The van der Waals surface area contributed by atoms with E-state index in [-0.39, 0.29) is 5.91 Å². The van der Waals surface area contributed by atoms with Crippen molar-refractivity contribution in [1.82, 2.24) is 25.8 Å². The average Bonchev–Trinajstić information content (AvgIpc) is 3.56. The Morgan fingerprint density at radius 2 is 1.89 bits per heavy atom. The number of ether oxygens (including phenoxy) is 2. The van der Waals surface area contributed by atoms with E-state index in [4.69, 9.17) is 9.47 Å². The molecule has 0 radical (unpaired) electrons. The summed E-state index contributed by atoms with van der Waals surface area (Å²) in [6, 6.07) is 15.6. The molecule has 1 fully saturated rings. The summed E-state index contributed by atoms with van der Waals surface area (Å²) in [5.74, 6) is 0.474. The molecule has 4 aromatic rings. The molecule has 8 nitrogen and oxygen atoms in total. The summed E-state index contributed by atoms with van der Waals surface area (Å²) in [6.45, 7) is 2.65. The van der Waals surface area contributed by atoms with Crippen LogP contribution >= 0.6 is 0 Å². The molecule has 4 heterocycles. The fourth-order valence-corrected chi connectivity index (χ4v) is 5.76. The molecule has 2 unspecified atom stereocenters. The minimum atomic E-state index is -0.112. The molecule has 8 heteroatoms. The third kappa shape index (κ3) is 4.26. The molecule has 2 aromatic carbocycles. The highest BCUT2D eigenvalue weighted by Gasteiger charge is 2.24. The molecule has 2 aromatic heterocycles. The first-order chi connectivity index (χ1) is 18.2. The molecule has 0 spiro atoms. The van der Waals surface area contributed by atoms with Gasteiger partial charge in [-0.1, -0.05) is 24.3 Å². The number of carbonyl (C=O) groups is 1. The third-order valence-electron chi connectivity index (χ3n) is 7.74. The molecule has 7 rings (SSSR count). The van der Waals surface area contributed by atoms with Crippen LogP contribution in [-0.4, -0.2) is 59.5 Å². The first kappa shape index (κ1) is 22.4. The third-order valence-corrected chi connectivity index (χ3v) is 7.74. The van der Waals surface area contributed by atoms with Gasteiger partial charge < -0.3 is 20.1 Å². The van der Waals surface area contributed by atoms with E-state index in [1.807, 2.05) is 18.3 Å². The normalized spacial score (nSPS) is 21.1. The van der Waals surface area contributed by atoms with Crippen LogP contribution in [0.5, 0.6) is 5.75 Å². The van der Waals surface area contributed by atoms with E-state index in [1.54, 1.807) is 6.07 Å². The van der Waals surface area contributed by atoms with Crippen LogP contribution in [0.4, 0.5) is 0 Å². The van der Waals surface area contributed by atoms with Crippen LogP contribution in [0.25, 0.3) is 33.4 Å². The molecule has 0 saturated carbocycles. The number of aryl methyl sites for hydroxylation is 1. The largest absolute Gasteiger partial charge is 0.491 e. The Morgan fingerprint density at radius 3 is 2.81 bits per heavy atom. The second-order valence-corrected chi connectivity index (χ2v) is 10.2. The van der Waals surface area contributed by atoms with Crippen molar-refractivity contribution in [3.05, 3.63) is 65.4 Å². The van der Waals surface area contributed by atoms with Gasteiger partial charge >= 0.3 is 0 Å². The smallest absolute Gasteiger partial charge is 0.255 e. The van der Waals surface area contributed by atoms with E-state index in [0.29, 0.717) is 42.2 Å². The SMILES string of the molecule is O=C1NCCOc2cc(-c3[nH]nc4ncc(-c5ccc6c(c5)CCC(NC5CCOC5)C6)cc34)ccc21. The second-order valence-electron chi connectivity index (χ2n) is 10.2. The fraction of sp³-hybridized carbons (Fsp3) is 0.345. The van der Waals surface area contributed by atoms with Gasteiger partial charge in [0.15, 0.2) is 5.65 Å². The molecule has 1 amide bonds. The number of rotatable bonds is 4. The zero-order valence-corrected chi connectivity index (χ0v) is 20.5. The van der Waals surface area contributed by atoms with Gasteiger partial charge in [0.25, 0.3) is 5.91 Å². The molecule has 37 heavy (non-hydrogen) atoms. The average molecular weight is 496 g/mol. The van der Waals surface area contributed by atoms with Crippen molar-refractivity contribution in [2.24, 2.45) is 0 Å². The zero-order valence-electron chi connectivity index (χ0n) is 20.5. The first-order valence-electron chi connectivity index (χ1n) is 13.1. The Morgan fingerprint density at radius 1 is 0.946 bits per heavy atom. The quantitative estimate of drug-likeness (QED) is 0.400. The number of aromatic amines is 1. The van der Waals surface area contributed by atoms with Crippen LogP contribution < -0.4 is 15.4 Å². The maximum absolute atomic E-state index is 12.3. The lowest BCUT2D eigenvalue weighted by Gasteiger charge is -2.28. The minimum absolute atomic E-state index is 0.112. The highest BCUT2D eigenvalue weighted by molar-refractivity contribution is 5.99. The van der Waals surface area contributed by atoms with Crippen LogP contribution in [-0.2, 0) is 17.6 Å². The summed E-state index contributed by atoms with van der Waals surface area (Å²) in [6.07, 6.45) is 6.29. The van der Waals surface area contributed by atoms with Crippen LogP contribution in [0, 0.1) is 0 Å². The fourth-order valence-electron chi connectivity index (χ4n) is 5.76. The predicted octanol–water partition coefficient (Wildman–Crippen LogP) is 3.65. The van der Waals surface area contributed by atoms with E-state index >= 15 is 0 Å². The molecular weight excluding hydrogens is 466 g/mol. The Kier molecular flexibility index (Phi) is 5.63. The summed E-state index contributed by atoms with van der Waals surface area (Å²) < 4.78 is 11.3. The lowest BCUT2D eigenvalue weighted by Crippen LogP contribution is -2.41. The van der Waals surface area contributed by atoms with Crippen molar-refractivity contribution >= 4 is 16.9 Å². The van der Waals surface area contributed by atoms with E-state index in [9.17, 15) is 4.79 Å². The first-order valence-corrected chi connectivity index (χ1v) is 13.1. The molecule has 3 N–H and O–H groups in total. The number of nitrogens with one attached hydrogen (secondary N) is 3. The number of fused-ring (bicyclic) bond motifs is 3. The number of H-pyrrole nitrogens is 1. The zero-order chi connectivity index (χ0) is 24.8. The summed E-state index contributed by atoms with van der Waals surface area (Å²) in [5, 5.41) is 15.1. The van der Waals surface area contributed by atoms with Gasteiger partial charge in [0.05, 0.1) is 24.4 Å². The summed E-state index contributed by atoms with van der Waals surface area (Å²) in [4.78, 5) is 16.9. The van der Waals surface area contributed by atoms with E-state index < -0.39 is 0 Å². The maximum atomic E-state index is 12.3. The molecule has 2 aliphatic heterocycles. The summed E-state index contributed by atoms with van der Waals surface area (Å²) in [7, 11) is 0. The molecule has 1 aliphatic carbocycles. The van der Waals surface area contributed by atoms with Crippen molar-refractivity contribution in [3.63, 3.8) is 0 Å². The number of hydrogen-bond acceptors (Lipinski definition) is 6. The topological polar surface area (TPSA) is 101 Å². The molecule has 2 atom stereocenters. The number of amides is 1. The molecule has 0 bridgehead atoms. The number of pyridine rings is 1. The number of benzene rings is 2. The molecular formula is C29H29N5O3. The maximum Gasteiger partial charge on any atom is 0.255 e. The molecule has 3 aliphatic rings. The Labute approximate surface area is 214 Å². The Bertz CT molecular complexity index is 1490. The number of hydrogen-bond donors (Lipinski definition) is 3. The summed E-state index contributed by atoms with van der Waals surface area (Å²) >= 11 is 0. The van der Waals surface area contributed by atoms with Gasteiger partial charge in [-0.3, -0.25) is 9.89 Å². The highest BCUT2D eigenvalue weighted by Crippen LogP contribution is 2.34. The van der Waals surface area contributed by atoms with Crippen molar-refractivity contribution in [2.75, 3.05) is 26.4 Å². The van der Waals surface area contributed by atoms with Gasteiger partial charge in [-0.25, -0.2) is 4.98 Å². The van der Waals surface area contributed by atoms with E-state index in [2.05, 4.69) is 50.1 Å². The standard InChI is InChI=1S/C29H29N5O3/c35-29-24-6-4-20(14-26(24)37-10-8-30-29)27-25-13-21(15-31-28(25)34-33-27)18-1-2-19-12-22(5-3-17(19)11-18)32-23-7-9-36-16-23/h1-2,4,6,11,13-15,22-23,32H,3,5,7-10,12,16H2,(H,30,35)(H,31,33,34).